The van der Waals surface area contributed by atoms with Crippen LogP contribution in [0.4, 0.5) is 11.4 Å². The summed E-state index contributed by atoms with van der Waals surface area (Å²) in [5.41, 5.74) is 4.54. The van der Waals surface area contributed by atoms with E-state index >= 15 is 0 Å². The van der Waals surface area contributed by atoms with Crippen molar-refractivity contribution < 1.29 is 19.2 Å². The summed E-state index contributed by atoms with van der Waals surface area (Å²) >= 11 is 0. The molecule has 0 aromatic heterocycles. The summed E-state index contributed by atoms with van der Waals surface area (Å²) < 4.78 is 6.14. The highest BCUT2D eigenvalue weighted by molar-refractivity contribution is 6.32. The lowest BCUT2D eigenvalue weighted by molar-refractivity contribution is -0.118. The van der Waals surface area contributed by atoms with Gasteiger partial charge in [0.1, 0.15) is 0 Å². The highest BCUT2D eigenvalue weighted by Gasteiger charge is 2.35. The molecule has 6 heteroatoms. The lowest BCUT2D eigenvalue weighted by atomic mass is 10.0. The van der Waals surface area contributed by atoms with E-state index in [4.69, 9.17) is 9.57 Å². The van der Waals surface area contributed by atoms with E-state index in [-0.39, 0.29) is 24.0 Å². The number of nitrogens with one attached hydrogen (secondary N) is 1. The lowest BCUT2D eigenvalue weighted by Gasteiger charge is -2.12. The van der Waals surface area contributed by atoms with E-state index in [0.29, 0.717) is 11.1 Å². The average molecular weight is 388 g/mol. The van der Waals surface area contributed by atoms with Crippen LogP contribution in [0.1, 0.15) is 24.0 Å². The number of hydroxylamine groups is 1. The molecule has 2 aromatic carbocycles. The van der Waals surface area contributed by atoms with Crippen LogP contribution >= 0.6 is 0 Å². The summed E-state index contributed by atoms with van der Waals surface area (Å²) in [4.78, 5) is 30.3. The Labute approximate surface area is 168 Å². The van der Waals surface area contributed by atoms with E-state index < -0.39 is 0 Å². The molecule has 146 valence electrons. The molecule has 2 aromatic rings. The highest BCUT2D eigenvalue weighted by atomic mass is 16.7. The van der Waals surface area contributed by atoms with E-state index in [1.165, 1.54) is 12.2 Å². The second-order valence-corrected chi connectivity index (χ2v) is 7.25. The maximum absolute atomic E-state index is 12.7. The minimum atomic E-state index is -0.194. The summed E-state index contributed by atoms with van der Waals surface area (Å²) in [6.07, 6.45) is 4.97. The van der Waals surface area contributed by atoms with Crippen LogP contribution in [0, 0.1) is 0 Å². The molecule has 2 amide bonds. The third-order valence-electron chi connectivity index (χ3n) is 5.51. The number of ether oxygens (including phenoxy) is 1. The molecule has 3 aliphatic heterocycles. The molecule has 5 rings (SSSR count). The molecule has 29 heavy (non-hydrogen) atoms. The van der Waals surface area contributed by atoms with Gasteiger partial charge < -0.3 is 10.1 Å². The predicted molar refractivity (Wildman–Crippen MR) is 110 cm³/mol. The fourth-order valence-corrected chi connectivity index (χ4v) is 4.17. The normalized spacial score (nSPS) is 25.6. The van der Waals surface area contributed by atoms with Crippen molar-refractivity contribution in [1.82, 2.24) is 0 Å². The fraction of sp³-hybridized carbons (Fsp3) is 0.217. The minimum absolute atomic E-state index is 0.104. The summed E-state index contributed by atoms with van der Waals surface area (Å²) in [7, 11) is 1.48. The third-order valence-corrected chi connectivity index (χ3v) is 5.51. The van der Waals surface area contributed by atoms with Crippen LogP contribution in [-0.2, 0) is 19.2 Å². The first-order valence-electron chi connectivity index (χ1n) is 9.63. The van der Waals surface area contributed by atoms with Crippen molar-refractivity contribution in [3.05, 3.63) is 71.8 Å². The van der Waals surface area contributed by atoms with E-state index in [0.717, 1.165) is 35.3 Å². The summed E-state index contributed by atoms with van der Waals surface area (Å²) in [6, 6.07) is 15.2. The van der Waals surface area contributed by atoms with E-state index in [2.05, 4.69) is 5.32 Å². The van der Waals surface area contributed by atoms with Gasteiger partial charge in [-0.25, -0.2) is 0 Å². The molecular formula is C23H20N2O4. The van der Waals surface area contributed by atoms with Crippen molar-refractivity contribution in [2.24, 2.45) is 0 Å². The van der Waals surface area contributed by atoms with Crippen LogP contribution in [0.3, 0.4) is 0 Å². The molecule has 0 aliphatic carbocycles. The Morgan fingerprint density at radius 2 is 1.62 bits per heavy atom. The van der Waals surface area contributed by atoms with Gasteiger partial charge in [-0.15, -0.1) is 0 Å². The van der Waals surface area contributed by atoms with Crippen LogP contribution in [-0.4, -0.2) is 31.1 Å². The monoisotopic (exact) mass is 388 g/mol. The molecule has 1 fully saturated rings. The number of fused-ring (bicyclic) bond motifs is 2. The maximum Gasteiger partial charge on any atom is 0.282 e. The predicted octanol–water partition coefficient (Wildman–Crippen LogP) is 3.56. The molecule has 0 bridgehead atoms. The molecule has 1 saturated heterocycles. The van der Waals surface area contributed by atoms with Crippen molar-refractivity contribution in [2.45, 2.75) is 25.0 Å². The van der Waals surface area contributed by atoms with Crippen molar-refractivity contribution in [2.75, 3.05) is 17.5 Å². The number of carbonyl (C=O) groups excluding carboxylic acids is 2. The first-order valence-corrected chi connectivity index (χ1v) is 9.63. The van der Waals surface area contributed by atoms with Crippen LogP contribution in [0.2, 0.25) is 0 Å². The zero-order valence-electron chi connectivity index (χ0n) is 15.9. The standard InChI is InChI=1S/C23H20N2O4/c1-28-25-21-9-5-3-7-17(21)19(23(25)27)13-15-11-10-14(29-15)12-18-16-6-2-4-8-20(16)24-22(18)26/h2-9,12-15H,10-11H2,1H3,(H,24,26)/b18-12+,19-13+. The first kappa shape index (κ1) is 17.8. The van der Waals surface area contributed by atoms with Gasteiger partial charge in [0, 0.05) is 22.4 Å². The van der Waals surface area contributed by atoms with Gasteiger partial charge in [0.05, 0.1) is 30.6 Å². The Morgan fingerprint density at radius 1 is 0.966 bits per heavy atom. The van der Waals surface area contributed by atoms with Gasteiger partial charge in [-0.3, -0.25) is 14.4 Å². The van der Waals surface area contributed by atoms with E-state index in [1.807, 2.05) is 60.7 Å². The molecule has 2 unspecified atom stereocenters. The molecular weight excluding hydrogens is 368 g/mol. The summed E-state index contributed by atoms with van der Waals surface area (Å²) in [6.45, 7) is 0. The third kappa shape index (κ3) is 2.97. The number of benzene rings is 2. The summed E-state index contributed by atoms with van der Waals surface area (Å²) in [5, 5.41) is 4.18. The second-order valence-electron chi connectivity index (χ2n) is 7.25. The van der Waals surface area contributed by atoms with Crippen LogP contribution in [0.15, 0.2) is 60.7 Å². The van der Waals surface area contributed by atoms with Crippen molar-refractivity contribution in [3.63, 3.8) is 0 Å². The number of hydrogen-bond acceptors (Lipinski definition) is 4. The quantitative estimate of drug-likeness (QED) is 0.817. The number of amides is 2. The fourth-order valence-electron chi connectivity index (χ4n) is 4.17. The summed E-state index contributed by atoms with van der Waals surface area (Å²) in [5.74, 6) is -0.296. The van der Waals surface area contributed by atoms with Gasteiger partial charge in [-0.2, -0.15) is 5.06 Å². The molecule has 0 radical (unpaired) electrons. The van der Waals surface area contributed by atoms with Gasteiger partial charge in [0.2, 0.25) is 0 Å². The van der Waals surface area contributed by atoms with Crippen LogP contribution < -0.4 is 10.4 Å². The van der Waals surface area contributed by atoms with E-state index in [9.17, 15) is 9.59 Å². The molecule has 0 spiro atoms. The minimum Gasteiger partial charge on any atom is -0.367 e. The van der Waals surface area contributed by atoms with Crippen molar-refractivity contribution in [1.29, 1.82) is 0 Å². The zero-order valence-corrected chi connectivity index (χ0v) is 15.9. The number of carbonyl (C=O) groups is 2. The Hall–Kier alpha value is -3.22. The smallest absolute Gasteiger partial charge is 0.282 e. The van der Waals surface area contributed by atoms with Crippen LogP contribution in [0.25, 0.3) is 11.1 Å². The molecule has 6 nitrogen and oxygen atoms in total. The first-order chi connectivity index (χ1) is 14.2. The molecule has 1 N–H and O–H groups in total. The molecule has 0 saturated carbocycles. The SMILES string of the molecule is CON1C(=O)/C(=C/C2CCC(/C=C3/C(=O)Nc4ccccc43)O2)c2ccccc21. The Kier molecular flexibility index (Phi) is 4.30. The second kappa shape index (κ2) is 6.99. The zero-order chi connectivity index (χ0) is 20.0. The van der Waals surface area contributed by atoms with E-state index in [1.54, 1.807) is 0 Å². The highest BCUT2D eigenvalue weighted by Crippen LogP contribution is 2.38. The lowest BCUT2D eigenvalue weighted by Crippen LogP contribution is -2.25. The number of anilines is 2. The maximum atomic E-state index is 12.7. The largest absolute Gasteiger partial charge is 0.367 e. The number of para-hydroxylation sites is 2. The number of rotatable bonds is 3. The topological polar surface area (TPSA) is 67.9 Å². The Balaban J connectivity index is 1.38. The Morgan fingerprint density at radius 3 is 2.38 bits per heavy atom. The van der Waals surface area contributed by atoms with Gasteiger partial charge in [-0.05, 0) is 37.1 Å². The van der Waals surface area contributed by atoms with Gasteiger partial charge >= 0.3 is 0 Å². The van der Waals surface area contributed by atoms with Gasteiger partial charge in [0.25, 0.3) is 11.8 Å². The molecule has 3 heterocycles. The molecule has 2 atom stereocenters. The Bertz CT molecular complexity index is 1070. The average Bonchev–Trinajstić information content (AvgIpc) is 3.38. The van der Waals surface area contributed by atoms with Gasteiger partial charge in [0.15, 0.2) is 0 Å². The van der Waals surface area contributed by atoms with Crippen molar-refractivity contribution >= 4 is 34.3 Å². The van der Waals surface area contributed by atoms with Gasteiger partial charge in [-0.1, -0.05) is 36.4 Å². The van der Waals surface area contributed by atoms with Crippen molar-refractivity contribution in [3.8, 4) is 0 Å². The molecule has 3 aliphatic rings. The number of nitrogens with zero attached hydrogens (tertiary/aromatic N) is 1. The van der Waals surface area contributed by atoms with Crippen LogP contribution in [0.5, 0.6) is 0 Å². The number of hydrogen-bond donors (Lipinski definition) is 1.